The summed E-state index contributed by atoms with van der Waals surface area (Å²) < 4.78 is 19.7. The number of hydrogen-bond acceptors (Lipinski definition) is 3. The van der Waals surface area contributed by atoms with Crippen molar-refractivity contribution in [2.75, 3.05) is 38.2 Å². The first-order chi connectivity index (χ1) is 7.72. The highest BCUT2D eigenvalue weighted by molar-refractivity contribution is 9.10. The van der Waals surface area contributed by atoms with Crippen molar-refractivity contribution in [1.82, 2.24) is 5.32 Å². The molecule has 88 valence electrons. The number of hydrogen-bond donors (Lipinski definition) is 1. The molecule has 3 nitrogen and oxygen atoms in total. The normalized spacial score (nSPS) is 16.3. The molecule has 16 heavy (non-hydrogen) atoms. The van der Waals surface area contributed by atoms with Crippen molar-refractivity contribution in [3.05, 3.63) is 22.4 Å². The summed E-state index contributed by atoms with van der Waals surface area (Å²) in [5, 5.41) is 3.24. The van der Waals surface area contributed by atoms with Crippen LogP contribution < -0.4 is 15.0 Å². The van der Waals surface area contributed by atoms with Crippen LogP contribution >= 0.6 is 15.9 Å². The molecule has 1 aliphatic rings. The van der Waals surface area contributed by atoms with Crippen molar-refractivity contribution in [2.45, 2.75) is 0 Å². The summed E-state index contributed by atoms with van der Waals surface area (Å²) in [6, 6.07) is 3.20. The van der Waals surface area contributed by atoms with Gasteiger partial charge in [0.2, 0.25) is 0 Å². The molecule has 5 heteroatoms. The molecule has 1 fully saturated rings. The Bertz CT molecular complexity index is 380. The Hall–Kier alpha value is -0.810. The maximum atomic E-state index is 13.8. The number of methoxy groups -OCH3 is 1. The summed E-state index contributed by atoms with van der Waals surface area (Å²) in [6.07, 6.45) is 0. The van der Waals surface area contributed by atoms with Gasteiger partial charge in [0.1, 0.15) is 11.6 Å². The van der Waals surface area contributed by atoms with E-state index in [1.807, 2.05) is 4.90 Å². The minimum Gasteiger partial charge on any atom is -0.495 e. The molecule has 2 rings (SSSR count). The summed E-state index contributed by atoms with van der Waals surface area (Å²) in [6.45, 7) is 3.44. The number of nitrogens with zero attached hydrogens (tertiary/aromatic N) is 1. The van der Waals surface area contributed by atoms with Gasteiger partial charge >= 0.3 is 0 Å². The Labute approximate surface area is 103 Å². The van der Waals surface area contributed by atoms with Crippen LogP contribution in [0.4, 0.5) is 10.1 Å². The molecule has 0 atom stereocenters. The quantitative estimate of drug-likeness (QED) is 0.901. The molecule has 1 heterocycles. The van der Waals surface area contributed by atoms with Gasteiger partial charge in [-0.3, -0.25) is 0 Å². The van der Waals surface area contributed by atoms with Gasteiger partial charge in [-0.15, -0.1) is 0 Å². The van der Waals surface area contributed by atoms with E-state index in [4.69, 9.17) is 4.74 Å². The highest BCUT2D eigenvalue weighted by atomic mass is 79.9. The molecule has 0 bridgehead atoms. The van der Waals surface area contributed by atoms with Crippen LogP contribution in [0.5, 0.6) is 5.75 Å². The molecule has 1 saturated heterocycles. The predicted octanol–water partition coefficient (Wildman–Crippen LogP) is 2.01. The number of benzene rings is 1. The average molecular weight is 289 g/mol. The number of rotatable bonds is 2. The van der Waals surface area contributed by atoms with E-state index in [2.05, 4.69) is 21.2 Å². The fraction of sp³-hybridized carbons (Fsp3) is 0.455. The molecule has 0 amide bonds. The number of ether oxygens (including phenoxy) is 1. The molecule has 0 aliphatic carbocycles. The lowest BCUT2D eigenvalue weighted by Crippen LogP contribution is -2.43. The molecular formula is C11H14BrFN2O. The fourth-order valence-corrected chi connectivity index (χ4v) is 2.32. The minimum absolute atomic E-state index is 0.234. The highest BCUT2D eigenvalue weighted by Crippen LogP contribution is 2.32. The first-order valence-corrected chi connectivity index (χ1v) is 6.00. The molecular weight excluding hydrogens is 275 g/mol. The van der Waals surface area contributed by atoms with E-state index in [0.29, 0.717) is 11.4 Å². The van der Waals surface area contributed by atoms with Crippen LogP contribution in [-0.4, -0.2) is 33.3 Å². The standard InChI is InChI=1S/C11H14BrFN2O/c1-16-11-7-9(13)10(6-8(11)12)15-4-2-14-3-5-15/h6-7,14H,2-5H2,1H3. The van der Waals surface area contributed by atoms with Crippen LogP contribution in [0.25, 0.3) is 0 Å². The zero-order valence-electron chi connectivity index (χ0n) is 9.09. The van der Waals surface area contributed by atoms with Gasteiger partial charge < -0.3 is 15.0 Å². The summed E-state index contributed by atoms with van der Waals surface area (Å²) in [5.41, 5.74) is 0.633. The number of anilines is 1. The van der Waals surface area contributed by atoms with Gasteiger partial charge in [0.15, 0.2) is 0 Å². The van der Waals surface area contributed by atoms with Crippen LogP contribution in [0.15, 0.2) is 16.6 Å². The smallest absolute Gasteiger partial charge is 0.150 e. The molecule has 0 unspecified atom stereocenters. The van der Waals surface area contributed by atoms with Crippen molar-refractivity contribution < 1.29 is 9.13 Å². The second-order valence-electron chi connectivity index (χ2n) is 3.68. The van der Waals surface area contributed by atoms with Crippen molar-refractivity contribution in [1.29, 1.82) is 0 Å². The zero-order chi connectivity index (χ0) is 11.5. The Morgan fingerprint density at radius 2 is 2.06 bits per heavy atom. The Morgan fingerprint density at radius 3 is 2.69 bits per heavy atom. The van der Waals surface area contributed by atoms with E-state index >= 15 is 0 Å². The maximum absolute atomic E-state index is 13.8. The summed E-state index contributed by atoms with van der Waals surface area (Å²) in [7, 11) is 1.53. The first kappa shape index (κ1) is 11.7. The Kier molecular flexibility index (Phi) is 3.66. The average Bonchev–Trinajstić information content (AvgIpc) is 2.32. The highest BCUT2D eigenvalue weighted by Gasteiger charge is 2.16. The van der Waals surface area contributed by atoms with E-state index in [9.17, 15) is 4.39 Å². The molecule has 1 aromatic carbocycles. The SMILES string of the molecule is COc1cc(F)c(N2CCNCC2)cc1Br. The second kappa shape index (κ2) is 5.01. The van der Waals surface area contributed by atoms with Gasteiger partial charge in [-0.2, -0.15) is 0 Å². The maximum Gasteiger partial charge on any atom is 0.150 e. The molecule has 0 spiro atoms. The fourth-order valence-electron chi connectivity index (χ4n) is 1.82. The van der Waals surface area contributed by atoms with E-state index in [-0.39, 0.29) is 5.82 Å². The van der Waals surface area contributed by atoms with Crippen LogP contribution in [0.3, 0.4) is 0 Å². The van der Waals surface area contributed by atoms with Gasteiger partial charge in [-0.05, 0) is 22.0 Å². The van der Waals surface area contributed by atoms with Crippen LogP contribution in [0.2, 0.25) is 0 Å². The van der Waals surface area contributed by atoms with E-state index in [0.717, 1.165) is 30.7 Å². The third kappa shape index (κ3) is 2.30. The van der Waals surface area contributed by atoms with Crippen LogP contribution in [0.1, 0.15) is 0 Å². The minimum atomic E-state index is -0.234. The van der Waals surface area contributed by atoms with E-state index < -0.39 is 0 Å². The summed E-state index contributed by atoms with van der Waals surface area (Å²) in [5.74, 6) is 0.290. The molecule has 0 radical (unpaired) electrons. The molecule has 0 saturated carbocycles. The first-order valence-electron chi connectivity index (χ1n) is 5.21. The zero-order valence-corrected chi connectivity index (χ0v) is 10.7. The van der Waals surface area contributed by atoms with Gasteiger partial charge in [0.05, 0.1) is 17.3 Å². The second-order valence-corrected chi connectivity index (χ2v) is 4.53. The number of halogens is 2. The number of piperazine rings is 1. The van der Waals surface area contributed by atoms with Crippen molar-refractivity contribution in [2.24, 2.45) is 0 Å². The lowest BCUT2D eigenvalue weighted by atomic mass is 10.2. The van der Waals surface area contributed by atoms with E-state index in [1.54, 1.807) is 6.07 Å². The Balaban J connectivity index is 2.29. The topological polar surface area (TPSA) is 24.5 Å². The number of nitrogens with one attached hydrogen (secondary N) is 1. The monoisotopic (exact) mass is 288 g/mol. The van der Waals surface area contributed by atoms with E-state index in [1.165, 1.54) is 13.2 Å². The third-order valence-electron chi connectivity index (χ3n) is 2.68. The van der Waals surface area contributed by atoms with Crippen molar-refractivity contribution >= 4 is 21.6 Å². The summed E-state index contributed by atoms with van der Waals surface area (Å²) >= 11 is 3.37. The van der Waals surface area contributed by atoms with Gasteiger partial charge in [-0.25, -0.2) is 4.39 Å². The molecule has 0 aromatic heterocycles. The molecule has 1 aromatic rings. The van der Waals surface area contributed by atoms with Crippen molar-refractivity contribution in [3.8, 4) is 5.75 Å². The lowest BCUT2D eigenvalue weighted by molar-refractivity contribution is 0.408. The largest absolute Gasteiger partial charge is 0.495 e. The summed E-state index contributed by atoms with van der Waals surface area (Å²) in [4.78, 5) is 2.04. The van der Waals surface area contributed by atoms with Crippen molar-refractivity contribution in [3.63, 3.8) is 0 Å². The van der Waals surface area contributed by atoms with Gasteiger partial charge in [0.25, 0.3) is 0 Å². The predicted molar refractivity (Wildman–Crippen MR) is 65.7 cm³/mol. The Morgan fingerprint density at radius 1 is 1.38 bits per heavy atom. The molecule has 1 N–H and O–H groups in total. The van der Waals surface area contributed by atoms with Gasteiger partial charge in [-0.1, -0.05) is 0 Å². The lowest BCUT2D eigenvalue weighted by Gasteiger charge is -2.30. The molecule has 1 aliphatic heterocycles. The van der Waals surface area contributed by atoms with Gasteiger partial charge in [0, 0.05) is 32.2 Å². The van der Waals surface area contributed by atoms with Crippen LogP contribution in [0, 0.1) is 5.82 Å². The third-order valence-corrected chi connectivity index (χ3v) is 3.30. The van der Waals surface area contributed by atoms with Crippen LogP contribution in [-0.2, 0) is 0 Å².